The Kier molecular flexibility index (Phi) is 5.61. The van der Waals surface area contributed by atoms with Gasteiger partial charge in [0, 0.05) is 12.6 Å². The third kappa shape index (κ3) is 4.26. The fourth-order valence-corrected chi connectivity index (χ4v) is 2.75. The van der Waals surface area contributed by atoms with Crippen molar-refractivity contribution in [1.29, 1.82) is 0 Å². The van der Waals surface area contributed by atoms with Crippen molar-refractivity contribution in [3.8, 4) is 0 Å². The van der Waals surface area contributed by atoms with Crippen LogP contribution < -0.4 is 4.72 Å². The number of nitrogens with one attached hydrogen (secondary N) is 1. The summed E-state index contributed by atoms with van der Waals surface area (Å²) in [5, 5.41) is 8.78. The average molecular weight is 305 g/mol. The zero-order chi connectivity index (χ0) is 15.3. The summed E-state index contributed by atoms with van der Waals surface area (Å²) < 4.78 is 44.6. The molecule has 0 bridgehead atoms. The van der Waals surface area contributed by atoms with E-state index in [1.54, 1.807) is 13.8 Å². The minimum Gasteiger partial charge on any atom is -0.478 e. The van der Waals surface area contributed by atoms with Crippen LogP contribution in [0.25, 0.3) is 0 Å². The first-order valence-electron chi connectivity index (χ1n) is 5.91. The van der Waals surface area contributed by atoms with Crippen molar-refractivity contribution in [3.63, 3.8) is 0 Å². The fraction of sp³-hybridized carbons (Fsp3) is 0.417. The molecule has 0 spiro atoms. The van der Waals surface area contributed by atoms with Crippen molar-refractivity contribution < 1.29 is 27.4 Å². The Morgan fingerprint density at radius 3 is 2.70 bits per heavy atom. The number of sulfonamides is 1. The standard InChI is InChI=1S/C12H16FNO5S/c1-3-19-7-8(2)14-20(17,18)9-4-5-11(13)10(6-9)12(15)16/h4-6,8,14H,3,7H2,1-2H3,(H,15,16). The molecular formula is C12H16FNO5S. The Balaban J connectivity index is 2.98. The summed E-state index contributed by atoms with van der Waals surface area (Å²) in [4.78, 5) is 10.5. The molecule has 1 aromatic rings. The molecule has 20 heavy (non-hydrogen) atoms. The van der Waals surface area contributed by atoms with Gasteiger partial charge >= 0.3 is 5.97 Å². The van der Waals surface area contributed by atoms with Crippen LogP contribution in [0.4, 0.5) is 4.39 Å². The molecule has 0 aliphatic carbocycles. The van der Waals surface area contributed by atoms with Gasteiger partial charge < -0.3 is 9.84 Å². The number of benzene rings is 1. The topological polar surface area (TPSA) is 92.7 Å². The Morgan fingerprint density at radius 1 is 1.50 bits per heavy atom. The number of carboxylic acid groups (broad SMARTS) is 1. The molecule has 112 valence electrons. The highest BCUT2D eigenvalue weighted by Gasteiger charge is 2.20. The highest BCUT2D eigenvalue weighted by molar-refractivity contribution is 7.89. The summed E-state index contributed by atoms with van der Waals surface area (Å²) in [6.45, 7) is 4.02. The van der Waals surface area contributed by atoms with Gasteiger partial charge in [-0.15, -0.1) is 0 Å². The molecule has 0 heterocycles. The summed E-state index contributed by atoms with van der Waals surface area (Å²) in [6.07, 6.45) is 0. The molecule has 0 saturated heterocycles. The van der Waals surface area contributed by atoms with Crippen molar-refractivity contribution in [1.82, 2.24) is 4.72 Å². The number of hydrogen-bond acceptors (Lipinski definition) is 4. The summed E-state index contributed by atoms with van der Waals surface area (Å²) in [5.41, 5.74) is -0.690. The predicted molar refractivity (Wildman–Crippen MR) is 69.6 cm³/mol. The molecule has 1 rings (SSSR count). The summed E-state index contributed by atoms with van der Waals surface area (Å²) >= 11 is 0. The van der Waals surface area contributed by atoms with Crippen molar-refractivity contribution in [3.05, 3.63) is 29.6 Å². The van der Waals surface area contributed by atoms with E-state index >= 15 is 0 Å². The molecule has 0 fully saturated rings. The number of hydrogen-bond donors (Lipinski definition) is 2. The van der Waals surface area contributed by atoms with Crippen LogP contribution in [0.5, 0.6) is 0 Å². The minimum atomic E-state index is -3.92. The van der Waals surface area contributed by atoms with E-state index < -0.39 is 33.4 Å². The molecule has 1 unspecified atom stereocenters. The molecule has 2 N–H and O–H groups in total. The summed E-state index contributed by atoms with van der Waals surface area (Å²) in [7, 11) is -3.92. The van der Waals surface area contributed by atoms with Crippen LogP contribution in [-0.4, -0.2) is 38.7 Å². The number of carboxylic acids is 1. The highest BCUT2D eigenvalue weighted by atomic mass is 32.2. The predicted octanol–water partition coefficient (Wildman–Crippen LogP) is 1.23. The lowest BCUT2D eigenvalue weighted by Gasteiger charge is -2.14. The van der Waals surface area contributed by atoms with Crippen LogP contribution >= 0.6 is 0 Å². The van der Waals surface area contributed by atoms with Crippen LogP contribution in [-0.2, 0) is 14.8 Å². The van der Waals surface area contributed by atoms with Gasteiger partial charge in [-0.2, -0.15) is 0 Å². The molecule has 8 heteroatoms. The van der Waals surface area contributed by atoms with Gasteiger partial charge in [0.1, 0.15) is 5.82 Å². The van der Waals surface area contributed by atoms with Crippen molar-refractivity contribution in [2.75, 3.05) is 13.2 Å². The minimum absolute atomic E-state index is 0.183. The molecule has 0 aliphatic rings. The molecule has 0 amide bonds. The summed E-state index contributed by atoms with van der Waals surface area (Å²) in [5.74, 6) is -2.51. The van der Waals surface area contributed by atoms with E-state index in [4.69, 9.17) is 9.84 Å². The van der Waals surface area contributed by atoms with Crippen molar-refractivity contribution >= 4 is 16.0 Å². The van der Waals surface area contributed by atoms with Crippen molar-refractivity contribution in [2.24, 2.45) is 0 Å². The lowest BCUT2D eigenvalue weighted by Crippen LogP contribution is -2.36. The Labute approximate surface area is 116 Å². The van der Waals surface area contributed by atoms with Crippen LogP contribution in [0, 0.1) is 5.82 Å². The van der Waals surface area contributed by atoms with E-state index in [2.05, 4.69) is 4.72 Å². The quantitative estimate of drug-likeness (QED) is 0.790. The largest absolute Gasteiger partial charge is 0.478 e. The van der Waals surface area contributed by atoms with Crippen LogP contribution in [0.3, 0.4) is 0 Å². The molecule has 0 aromatic heterocycles. The van der Waals surface area contributed by atoms with Gasteiger partial charge in [0.2, 0.25) is 10.0 Å². The molecule has 0 radical (unpaired) electrons. The van der Waals surface area contributed by atoms with Gasteiger partial charge in [0.25, 0.3) is 0 Å². The molecule has 0 saturated carbocycles. The normalized spacial score (nSPS) is 13.2. The second-order valence-corrected chi connectivity index (χ2v) is 5.84. The van der Waals surface area contributed by atoms with Gasteiger partial charge in [-0.05, 0) is 32.0 Å². The van der Waals surface area contributed by atoms with E-state index in [1.807, 2.05) is 0 Å². The van der Waals surface area contributed by atoms with Gasteiger partial charge in [0.05, 0.1) is 17.1 Å². The summed E-state index contributed by atoms with van der Waals surface area (Å²) in [6, 6.07) is 2.12. The Hall–Kier alpha value is -1.51. The van der Waals surface area contributed by atoms with Gasteiger partial charge in [-0.3, -0.25) is 0 Å². The maximum atomic E-state index is 13.2. The molecule has 6 nitrogen and oxygen atoms in total. The smallest absolute Gasteiger partial charge is 0.338 e. The third-order valence-electron chi connectivity index (χ3n) is 2.41. The average Bonchev–Trinajstić information content (AvgIpc) is 2.35. The van der Waals surface area contributed by atoms with Crippen LogP contribution in [0.15, 0.2) is 23.1 Å². The second kappa shape index (κ2) is 6.78. The monoisotopic (exact) mass is 305 g/mol. The third-order valence-corrected chi connectivity index (χ3v) is 3.99. The lowest BCUT2D eigenvalue weighted by atomic mass is 10.2. The van der Waals surface area contributed by atoms with Crippen molar-refractivity contribution in [2.45, 2.75) is 24.8 Å². The number of halogens is 1. The van der Waals surface area contributed by atoms with Crippen LogP contribution in [0.2, 0.25) is 0 Å². The molecule has 0 aliphatic heterocycles. The SMILES string of the molecule is CCOCC(C)NS(=O)(=O)c1ccc(F)c(C(=O)O)c1. The van der Waals surface area contributed by atoms with E-state index in [-0.39, 0.29) is 11.5 Å². The van der Waals surface area contributed by atoms with Gasteiger partial charge in [-0.1, -0.05) is 0 Å². The second-order valence-electron chi connectivity index (χ2n) is 4.13. The number of aromatic carboxylic acids is 1. The van der Waals surface area contributed by atoms with E-state index in [0.717, 1.165) is 18.2 Å². The van der Waals surface area contributed by atoms with E-state index in [1.165, 1.54) is 0 Å². The van der Waals surface area contributed by atoms with E-state index in [9.17, 15) is 17.6 Å². The lowest BCUT2D eigenvalue weighted by molar-refractivity contribution is 0.0691. The first kappa shape index (κ1) is 16.5. The molecular weight excluding hydrogens is 289 g/mol. The van der Waals surface area contributed by atoms with Crippen LogP contribution in [0.1, 0.15) is 24.2 Å². The molecule has 1 aromatic carbocycles. The first-order valence-corrected chi connectivity index (χ1v) is 7.39. The number of ether oxygens (including phenoxy) is 1. The van der Waals surface area contributed by atoms with Gasteiger partial charge in [-0.25, -0.2) is 22.3 Å². The Morgan fingerprint density at radius 2 is 2.15 bits per heavy atom. The zero-order valence-electron chi connectivity index (χ0n) is 11.1. The fourth-order valence-electron chi connectivity index (χ4n) is 1.50. The zero-order valence-corrected chi connectivity index (χ0v) is 11.9. The van der Waals surface area contributed by atoms with E-state index in [0.29, 0.717) is 6.61 Å². The molecule has 1 atom stereocenters. The number of rotatable bonds is 7. The first-order chi connectivity index (χ1) is 9.27. The highest BCUT2D eigenvalue weighted by Crippen LogP contribution is 2.15. The number of carbonyl (C=O) groups is 1. The Bertz CT molecular complexity index is 588. The maximum Gasteiger partial charge on any atom is 0.338 e. The maximum absolute atomic E-state index is 13.2. The van der Waals surface area contributed by atoms with Gasteiger partial charge in [0.15, 0.2) is 0 Å².